The molecule has 0 spiro atoms. The first kappa shape index (κ1) is 9.66. The van der Waals surface area contributed by atoms with E-state index in [-0.39, 0.29) is 5.82 Å². The molecule has 0 N–H and O–H groups in total. The first-order valence-electron chi connectivity index (χ1n) is 4.74. The molecule has 3 rings (SSSR count). The number of hydrogen-bond acceptors (Lipinski definition) is 3. The summed E-state index contributed by atoms with van der Waals surface area (Å²) in [5.41, 5.74) is 0.673. The molecule has 2 nitrogen and oxygen atoms in total. The number of rotatable bonds is 1. The summed E-state index contributed by atoms with van der Waals surface area (Å²) >= 11 is 4.54. The Hall–Kier alpha value is -0.550. The molecule has 0 bridgehead atoms. The molecule has 0 amide bonds. The van der Waals surface area contributed by atoms with E-state index in [0.717, 1.165) is 17.7 Å². The maximum Gasteiger partial charge on any atom is 0.162 e. The molecule has 1 aliphatic carbocycles. The summed E-state index contributed by atoms with van der Waals surface area (Å²) in [5, 5.41) is 0. The average molecular weight is 287 g/mol. The van der Waals surface area contributed by atoms with Gasteiger partial charge >= 0.3 is 0 Å². The van der Waals surface area contributed by atoms with E-state index in [2.05, 4.69) is 20.3 Å². The largest absolute Gasteiger partial charge is 0.325 e. The van der Waals surface area contributed by atoms with Crippen molar-refractivity contribution in [2.75, 3.05) is 4.90 Å². The fraction of sp³-hybridized carbons (Fsp3) is 0.300. The Bertz CT molecular complexity index is 445. The summed E-state index contributed by atoms with van der Waals surface area (Å²) in [6.07, 6.45) is 3.99. The SMILES string of the molecule is Fc1c(Br)ccc2c1N(C1CC1)C=NS2. The smallest absolute Gasteiger partial charge is 0.162 e. The second-order valence-electron chi connectivity index (χ2n) is 3.66. The van der Waals surface area contributed by atoms with E-state index >= 15 is 0 Å². The van der Waals surface area contributed by atoms with Gasteiger partial charge in [-0.05, 0) is 40.9 Å². The molecule has 1 saturated carbocycles. The number of halogens is 2. The lowest BCUT2D eigenvalue weighted by molar-refractivity contribution is 0.615. The van der Waals surface area contributed by atoms with Gasteiger partial charge in [0.25, 0.3) is 0 Å². The summed E-state index contributed by atoms with van der Waals surface area (Å²) < 4.78 is 18.6. The summed E-state index contributed by atoms with van der Waals surface area (Å²) in [5.74, 6) is -0.182. The third-order valence-electron chi connectivity index (χ3n) is 2.55. The number of fused-ring (bicyclic) bond motifs is 1. The maximum absolute atomic E-state index is 14.0. The normalized spacial score (nSPS) is 19.2. The fourth-order valence-corrected chi connectivity index (χ4v) is 2.65. The Morgan fingerprint density at radius 2 is 2.27 bits per heavy atom. The van der Waals surface area contributed by atoms with Crippen LogP contribution in [0.25, 0.3) is 0 Å². The van der Waals surface area contributed by atoms with Gasteiger partial charge in [0.05, 0.1) is 15.1 Å². The van der Waals surface area contributed by atoms with E-state index in [9.17, 15) is 4.39 Å². The second-order valence-corrected chi connectivity index (χ2v) is 5.35. The van der Waals surface area contributed by atoms with Crippen LogP contribution in [-0.4, -0.2) is 12.4 Å². The fourth-order valence-electron chi connectivity index (χ4n) is 1.65. The molecule has 1 aliphatic heterocycles. The zero-order chi connectivity index (χ0) is 10.4. The third kappa shape index (κ3) is 1.58. The van der Waals surface area contributed by atoms with Gasteiger partial charge in [-0.15, -0.1) is 0 Å². The molecule has 0 unspecified atom stereocenters. The topological polar surface area (TPSA) is 15.6 Å². The highest BCUT2D eigenvalue weighted by molar-refractivity contribution is 9.10. The zero-order valence-electron chi connectivity index (χ0n) is 7.78. The van der Waals surface area contributed by atoms with Crippen molar-refractivity contribution in [3.8, 4) is 0 Å². The Morgan fingerprint density at radius 3 is 3.00 bits per heavy atom. The van der Waals surface area contributed by atoms with Crippen molar-refractivity contribution in [2.45, 2.75) is 23.8 Å². The molecule has 1 aromatic rings. The van der Waals surface area contributed by atoms with Crippen LogP contribution in [0.15, 0.2) is 25.9 Å². The van der Waals surface area contributed by atoms with Crippen molar-refractivity contribution in [3.05, 3.63) is 22.4 Å². The standard InChI is InChI=1S/C10H8BrFN2S/c11-7-3-4-8-10(9(7)12)14(5-13-15-8)6-1-2-6/h3-6H,1-2H2. The average Bonchev–Trinajstić information content (AvgIpc) is 3.06. The lowest BCUT2D eigenvalue weighted by Crippen LogP contribution is -2.26. The first-order valence-corrected chi connectivity index (χ1v) is 6.31. The molecule has 1 fully saturated rings. The van der Waals surface area contributed by atoms with Crippen molar-refractivity contribution in [3.63, 3.8) is 0 Å². The van der Waals surface area contributed by atoms with Crippen LogP contribution in [0.5, 0.6) is 0 Å². The highest BCUT2D eigenvalue weighted by atomic mass is 79.9. The van der Waals surface area contributed by atoms with Gasteiger partial charge < -0.3 is 4.90 Å². The van der Waals surface area contributed by atoms with Crippen molar-refractivity contribution in [2.24, 2.45) is 4.40 Å². The van der Waals surface area contributed by atoms with Gasteiger partial charge in [0, 0.05) is 18.0 Å². The third-order valence-corrected chi connectivity index (χ3v) is 3.89. The van der Waals surface area contributed by atoms with Crippen LogP contribution >= 0.6 is 27.9 Å². The minimum Gasteiger partial charge on any atom is -0.325 e. The molecule has 2 aliphatic rings. The quantitative estimate of drug-likeness (QED) is 0.733. The van der Waals surface area contributed by atoms with Crippen molar-refractivity contribution in [1.82, 2.24) is 0 Å². The summed E-state index contributed by atoms with van der Waals surface area (Å²) in [6, 6.07) is 4.07. The van der Waals surface area contributed by atoms with Gasteiger partial charge in [0.1, 0.15) is 6.34 Å². The van der Waals surface area contributed by atoms with Crippen LogP contribution in [0.4, 0.5) is 10.1 Å². The van der Waals surface area contributed by atoms with Crippen LogP contribution in [0.2, 0.25) is 0 Å². The molecular weight excluding hydrogens is 279 g/mol. The van der Waals surface area contributed by atoms with E-state index in [0.29, 0.717) is 16.2 Å². The number of nitrogens with zero attached hydrogens (tertiary/aromatic N) is 2. The monoisotopic (exact) mass is 286 g/mol. The molecule has 5 heteroatoms. The van der Waals surface area contributed by atoms with E-state index < -0.39 is 0 Å². The van der Waals surface area contributed by atoms with Gasteiger partial charge in [-0.1, -0.05) is 0 Å². The van der Waals surface area contributed by atoms with Gasteiger partial charge in [0.15, 0.2) is 5.82 Å². The highest BCUT2D eigenvalue weighted by Crippen LogP contribution is 2.43. The highest BCUT2D eigenvalue weighted by Gasteiger charge is 2.33. The summed E-state index contributed by atoms with van der Waals surface area (Å²) in [4.78, 5) is 2.84. The minimum absolute atomic E-state index is 0.182. The van der Waals surface area contributed by atoms with Crippen LogP contribution in [0.3, 0.4) is 0 Å². The number of benzene rings is 1. The molecule has 1 aromatic carbocycles. The molecule has 0 saturated heterocycles. The van der Waals surface area contributed by atoms with Gasteiger partial charge in [-0.3, -0.25) is 0 Å². The van der Waals surface area contributed by atoms with E-state index in [1.54, 1.807) is 12.4 Å². The van der Waals surface area contributed by atoms with Crippen molar-refractivity contribution < 1.29 is 4.39 Å². The Morgan fingerprint density at radius 1 is 1.47 bits per heavy atom. The zero-order valence-corrected chi connectivity index (χ0v) is 10.2. The Kier molecular flexibility index (Phi) is 2.25. The minimum atomic E-state index is -0.182. The first-order chi connectivity index (χ1) is 7.27. The van der Waals surface area contributed by atoms with E-state index in [1.807, 2.05) is 11.0 Å². The van der Waals surface area contributed by atoms with Crippen molar-refractivity contribution >= 4 is 39.9 Å². The Labute approximate surface area is 99.8 Å². The van der Waals surface area contributed by atoms with Gasteiger partial charge in [-0.25, -0.2) is 8.79 Å². The molecule has 0 radical (unpaired) electrons. The molecule has 15 heavy (non-hydrogen) atoms. The lowest BCUT2D eigenvalue weighted by atomic mass is 10.2. The second kappa shape index (κ2) is 3.49. The van der Waals surface area contributed by atoms with E-state index in [1.165, 1.54) is 11.9 Å². The molecule has 1 heterocycles. The van der Waals surface area contributed by atoms with E-state index in [4.69, 9.17) is 0 Å². The van der Waals surface area contributed by atoms with Crippen LogP contribution in [-0.2, 0) is 0 Å². The van der Waals surface area contributed by atoms with Gasteiger partial charge in [0.2, 0.25) is 0 Å². The molecule has 0 atom stereocenters. The van der Waals surface area contributed by atoms with Crippen LogP contribution in [0, 0.1) is 5.82 Å². The van der Waals surface area contributed by atoms with Crippen molar-refractivity contribution in [1.29, 1.82) is 0 Å². The predicted molar refractivity (Wildman–Crippen MR) is 64.0 cm³/mol. The number of anilines is 1. The summed E-state index contributed by atoms with van der Waals surface area (Å²) in [6.45, 7) is 0. The van der Waals surface area contributed by atoms with Gasteiger partial charge in [-0.2, -0.15) is 0 Å². The molecule has 0 aromatic heterocycles. The number of hydrogen-bond donors (Lipinski definition) is 0. The Balaban J connectivity index is 2.14. The predicted octanol–water partition coefficient (Wildman–Crippen LogP) is 3.61. The summed E-state index contributed by atoms with van der Waals surface area (Å²) in [7, 11) is 0. The van der Waals surface area contributed by atoms with Crippen LogP contribution < -0.4 is 4.90 Å². The lowest BCUT2D eigenvalue weighted by Gasteiger charge is -2.25. The maximum atomic E-state index is 14.0. The molecular formula is C10H8BrFN2S. The van der Waals surface area contributed by atoms with Crippen LogP contribution in [0.1, 0.15) is 12.8 Å². The molecule has 78 valence electrons.